The molecular weight excluding hydrogens is 222 g/mol. The zero-order chi connectivity index (χ0) is 11.5. The van der Waals surface area contributed by atoms with Crippen LogP contribution in [0.25, 0.3) is 0 Å². The van der Waals surface area contributed by atoms with Crippen LogP contribution in [0.4, 0.5) is 0 Å². The zero-order valence-electron chi connectivity index (χ0n) is 9.53. The number of rotatable bonds is 2. The van der Waals surface area contributed by atoms with Gasteiger partial charge in [0.1, 0.15) is 11.9 Å². The highest BCUT2D eigenvalue weighted by molar-refractivity contribution is 6.32. The molecule has 3 atom stereocenters. The van der Waals surface area contributed by atoms with Gasteiger partial charge in [-0.05, 0) is 37.3 Å². The quantitative estimate of drug-likeness (QED) is 0.860. The van der Waals surface area contributed by atoms with E-state index < -0.39 is 0 Å². The highest BCUT2D eigenvalue weighted by Gasteiger charge is 2.27. The Bertz CT molecular complexity index is 356. The molecule has 0 aromatic heterocycles. The Morgan fingerprint density at radius 3 is 2.81 bits per heavy atom. The largest absolute Gasteiger partial charge is 0.487 e. The topological polar surface area (TPSA) is 35.2 Å². The van der Waals surface area contributed by atoms with Gasteiger partial charge in [0, 0.05) is 6.04 Å². The standard InChI is InChI=1S/C13H18ClNO/c1-9-6-7-11(15)13(8-9)16-12-5-3-2-4-10(12)14/h2-5,9,11,13H,6-8,15H2,1H3. The molecule has 3 heteroatoms. The van der Waals surface area contributed by atoms with E-state index in [9.17, 15) is 0 Å². The third kappa shape index (κ3) is 2.69. The Morgan fingerprint density at radius 2 is 2.06 bits per heavy atom. The highest BCUT2D eigenvalue weighted by Crippen LogP contribution is 2.30. The van der Waals surface area contributed by atoms with E-state index in [-0.39, 0.29) is 12.1 Å². The first-order chi connectivity index (χ1) is 7.66. The van der Waals surface area contributed by atoms with E-state index in [0.717, 1.165) is 18.6 Å². The number of nitrogens with two attached hydrogens (primary N) is 1. The lowest BCUT2D eigenvalue weighted by Crippen LogP contribution is -2.43. The number of para-hydroxylation sites is 1. The normalized spacial score (nSPS) is 30.1. The molecule has 1 aromatic carbocycles. The van der Waals surface area contributed by atoms with Crippen molar-refractivity contribution in [1.29, 1.82) is 0 Å². The fourth-order valence-electron chi connectivity index (χ4n) is 2.19. The van der Waals surface area contributed by atoms with E-state index in [1.807, 2.05) is 24.3 Å². The minimum absolute atomic E-state index is 0.101. The van der Waals surface area contributed by atoms with E-state index in [2.05, 4.69) is 6.92 Å². The summed E-state index contributed by atoms with van der Waals surface area (Å²) in [6.45, 7) is 2.24. The number of hydrogen-bond donors (Lipinski definition) is 1. The van der Waals surface area contributed by atoms with Gasteiger partial charge in [-0.15, -0.1) is 0 Å². The fraction of sp³-hybridized carbons (Fsp3) is 0.538. The average molecular weight is 240 g/mol. The summed E-state index contributed by atoms with van der Waals surface area (Å²) in [7, 11) is 0. The molecule has 1 saturated carbocycles. The third-order valence-electron chi connectivity index (χ3n) is 3.22. The average Bonchev–Trinajstić information content (AvgIpc) is 2.27. The number of ether oxygens (including phenoxy) is 1. The molecule has 2 N–H and O–H groups in total. The molecule has 0 bridgehead atoms. The van der Waals surface area contributed by atoms with Crippen molar-refractivity contribution in [2.75, 3.05) is 0 Å². The van der Waals surface area contributed by atoms with Gasteiger partial charge in [0.15, 0.2) is 0 Å². The smallest absolute Gasteiger partial charge is 0.138 e. The van der Waals surface area contributed by atoms with Gasteiger partial charge in [0.05, 0.1) is 5.02 Å². The Kier molecular flexibility index (Phi) is 3.72. The summed E-state index contributed by atoms with van der Waals surface area (Å²) < 4.78 is 5.91. The van der Waals surface area contributed by atoms with Crippen molar-refractivity contribution < 1.29 is 4.74 Å². The molecule has 1 aliphatic carbocycles. The minimum atomic E-state index is 0.101. The lowest BCUT2D eigenvalue weighted by molar-refractivity contribution is 0.108. The maximum Gasteiger partial charge on any atom is 0.138 e. The highest BCUT2D eigenvalue weighted by atomic mass is 35.5. The molecule has 0 aliphatic heterocycles. The number of hydrogen-bond acceptors (Lipinski definition) is 2. The second-order valence-corrected chi connectivity index (χ2v) is 5.08. The van der Waals surface area contributed by atoms with Crippen molar-refractivity contribution in [3.63, 3.8) is 0 Å². The molecule has 88 valence electrons. The van der Waals surface area contributed by atoms with E-state index in [1.165, 1.54) is 6.42 Å². The van der Waals surface area contributed by atoms with Gasteiger partial charge in [-0.3, -0.25) is 0 Å². The first kappa shape index (κ1) is 11.7. The van der Waals surface area contributed by atoms with Crippen LogP contribution in [0.2, 0.25) is 5.02 Å². The Hall–Kier alpha value is -0.730. The SMILES string of the molecule is CC1CCC(N)C(Oc2ccccc2Cl)C1. The van der Waals surface area contributed by atoms with Gasteiger partial charge in [-0.25, -0.2) is 0 Å². The minimum Gasteiger partial charge on any atom is -0.487 e. The Labute approximate surface area is 102 Å². The predicted octanol–water partition coefficient (Wildman–Crippen LogP) is 3.23. The monoisotopic (exact) mass is 239 g/mol. The van der Waals surface area contributed by atoms with Crippen LogP contribution >= 0.6 is 11.6 Å². The molecule has 1 aliphatic rings. The van der Waals surface area contributed by atoms with Gasteiger partial charge in [0.2, 0.25) is 0 Å². The van der Waals surface area contributed by atoms with E-state index in [4.69, 9.17) is 22.1 Å². The lowest BCUT2D eigenvalue weighted by Gasteiger charge is -2.32. The maximum atomic E-state index is 6.07. The fourth-order valence-corrected chi connectivity index (χ4v) is 2.37. The van der Waals surface area contributed by atoms with Crippen LogP contribution in [0, 0.1) is 5.92 Å². The van der Waals surface area contributed by atoms with Crippen LogP contribution in [0.15, 0.2) is 24.3 Å². The first-order valence-corrected chi connectivity index (χ1v) is 6.21. The summed E-state index contributed by atoms with van der Waals surface area (Å²) in [6, 6.07) is 7.70. The third-order valence-corrected chi connectivity index (χ3v) is 3.53. The molecule has 0 spiro atoms. The molecule has 0 amide bonds. The van der Waals surface area contributed by atoms with Gasteiger partial charge >= 0.3 is 0 Å². The summed E-state index contributed by atoms with van der Waals surface area (Å²) in [4.78, 5) is 0. The van der Waals surface area contributed by atoms with Gasteiger partial charge in [-0.2, -0.15) is 0 Å². The van der Waals surface area contributed by atoms with Crippen LogP contribution in [0.1, 0.15) is 26.2 Å². The predicted molar refractivity (Wildman–Crippen MR) is 66.9 cm³/mol. The molecule has 1 fully saturated rings. The van der Waals surface area contributed by atoms with Crippen LogP contribution in [0.3, 0.4) is 0 Å². The van der Waals surface area contributed by atoms with Crippen molar-refractivity contribution in [2.45, 2.75) is 38.3 Å². The summed E-state index contributed by atoms with van der Waals surface area (Å²) in [5, 5.41) is 0.660. The molecule has 2 nitrogen and oxygen atoms in total. The number of halogens is 1. The van der Waals surface area contributed by atoms with Crippen LogP contribution in [-0.4, -0.2) is 12.1 Å². The van der Waals surface area contributed by atoms with E-state index >= 15 is 0 Å². The maximum absolute atomic E-state index is 6.07. The number of benzene rings is 1. The molecule has 3 unspecified atom stereocenters. The molecule has 0 radical (unpaired) electrons. The Morgan fingerprint density at radius 1 is 1.31 bits per heavy atom. The first-order valence-electron chi connectivity index (χ1n) is 5.83. The molecule has 0 saturated heterocycles. The van der Waals surface area contributed by atoms with Gasteiger partial charge in [-0.1, -0.05) is 30.7 Å². The van der Waals surface area contributed by atoms with E-state index in [0.29, 0.717) is 10.9 Å². The summed E-state index contributed by atoms with van der Waals surface area (Å²) in [5.74, 6) is 1.44. The van der Waals surface area contributed by atoms with Crippen molar-refractivity contribution in [2.24, 2.45) is 11.7 Å². The van der Waals surface area contributed by atoms with Crippen LogP contribution < -0.4 is 10.5 Å². The van der Waals surface area contributed by atoms with Crippen molar-refractivity contribution >= 4 is 11.6 Å². The van der Waals surface area contributed by atoms with E-state index in [1.54, 1.807) is 0 Å². The summed E-state index contributed by atoms with van der Waals surface area (Å²) in [6.07, 6.45) is 3.36. The molecule has 16 heavy (non-hydrogen) atoms. The Balaban J connectivity index is 2.06. The van der Waals surface area contributed by atoms with Gasteiger partial charge in [0.25, 0.3) is 0 Å². The second kappa shape index (κ2) is 5.07. The molecule has 0 heterocycles. The van der Waals surface area contributed by atoms with Crippen molar-refractivity contribution in [3.05, 3.63) is 29.3 Å². The molecular formula is C13H18ClNO. The van der Waals surface area contributed by atoms with Crippen LogP contribution in [0.5, 0.6) is 5.75 Å². The van der Waals surface area contributed by atoms with Gasteiger partial charge < -0.3 is 10.5 Å². The molecule has 1 aromatic rings. The van der Waals surface area contributed by atoms with Crippen molar-refractivity contribution in [1.82, 2.24) is 0 Å². The summed E-state index contributed by atoms with van der Waals surface area (Å²) >= 11 is 6.06. The van der Waals surface area contributed by atoms with Crippen LogP contribution in [-0.2, 0) is 0 Å². The van der Waals surface area contributed by atoms with Crippen molar-refractivity contribution in [3.8, 4) is 5.75 Å². The zero-order valence-corrected chi connectivity index (χ0v) is 10.3. The summed E-state index contributed by atoms with van der Waals surface area (Å²) in [5.41, 5.74) is 6.07. The molecule has 2 rings (SSSR count). The second-order valence-electron chi connectivity index (χ2n) is 4.67. The lowest BCUT2D eigenvalue weighted by atomic mass is 9.85.